The fourth-order valence-corrected chi connectivity index (χ4v) is 1.66. The molecular weight excluding hydrogens is 214 g/mol. The van der Waals surface area contributed by atoms with Gasteiger partial charge in [0.25, 0.3) is 0 Å². The van der Waals surface area contributed by atoms with E-state index in [1.807, 2.05) is 30.3 Å². The third kappa shape index (κ3) is 2.86. The predicted octanol–water partition coefficient (Wildman–Crippen LogP) is 3.35. The zero-order chi connectivity index (χ0) is 11.9. The highest BCUT2D eigenvalue weighted by atomic mass is 15.1. The Hall–Kier alpha value is -2.26. The number of pyridine rings is 1. The number of aromatic nitrogens is 1. The Morgan fingerprint density at radius 3 is 3.06 bits per heavy atom. The van der Waals surface area contributed by atoms with E-state index in [1.165, 1.54) is 0 Å². The normalized spacial score (nSPS) is 9.88. The molecule has 0 saturated heterocycles. The van der Waals surface area contributed by atoms with Crippen LogP contribution in [0.15, 0.2) is 41.6 Å². The van der Waals surface area contributed by atoms with Gasteiger partial charge in [-0.15, -0.1) is 0 Å². The quantitative estimate of drug-likeness (QED) is 0.368. The van der Waals surface area contributed by atoms with Crippen LogP contribution in [-0.4, -0.2) is 18.1 Å². The number of fused-ring (bicyclic) bond motifs is 1. The van der Waals surface area contributed by atoms with Gasteiger partial charge >= 0.3 is 0 Å². The second-order valence-electron chi connectivity index (χ2n) is 3.62. The lowest BCUT2D eigenvalue weighted by Crippen LogP contribution is -2.03. The van der Waals surface area contributed by atoms with Crippen LogP contribution in [0.1, 0.15) is 6.42 Å². The number of anilines is 1. The molecule has 5 nitrogen and oxygen atoms in total. The summed E-state index contributed by atoms with van der Waals surface area (Å²) < 4.78 is 0. The van der Waals surface area contributed by atoms with Crippen molar-refractivity contribution in [1.29, 1.82) is 0 Å². The molecule has 1 aromatic carbocycles. The van der Waals surface area contributed by atoms with Crippen LogP contribution in [0.4, 0.5) is 5.69 Å². The highest BCUT2D eigenvalue weighted by molar-refractivity contribution is 5.90. The van der Waals surface area contributed by atoms with Crippen LogP contribution in [-0.2, 0) is 0 Å². The minimum absolute atomic E-state index is 0.516. The molecule has 2 rings (SSSR count). The number of nitrogens with one attached hydrogen (secondary N) is 1. The molecule has 0 aliphatic heterocycles. The summed E-state index contributed by atoms with van der Waals surface area (Å²) in [5, 5.41) is 7.91. The topological polar surface area (TPSA) is 73.7 Å². The third-order valence-corrected chi connectivity index (χ3v) is 2.45. The van der Waals surface area contributed by atoms with Gasteiger partial charge in [0, 0.05) is 29.6 Å². The predicted molar refractivity (Wildman–Crippen MR) is 68.9 cm³/mol. The molecule has 0 amide bonds. The maximum Gasteiger partial charge on any atom is 0.0933 e. The number of nitrogens with zero attached hydrogens (tertiary/aromatic N) is 4. The van der Waals surface area contributed by atoms with E-state index in [1.54, 1.807) is 6.20 Å². The summed E-state index contributed by atoms with van der Waals surface area (Å²) in [6.07, 6.45) is 2.60. The van der Waals surface area contributed by atoms with Crippen LogP contribution < -0.4 is 5.32 Å². The first-order valence-corrected chi connectivity index (χ1v) is 5.50. The smallest absolute Gasteiger partial charge is 0.0933 e. The van der Waals surface area contributed by atoms with Gasteiger partial charge in [0.15, 0.2) is 0 Å². The van der Waals surface area contributed by atoms with Crippen molar-refractivity contribution < 1.29 is 0 Å². The van der Waals surface area contributed by atoms with Gasteiger partial charge in [0.1, 0.15) is 0 Å². The van der Waals surface area contributed by atoms with Crippen molar-refractivity contribution in [3.8, 4) is 0 Å². The van der Waals surface area contributed by atoms with Gasteiger partial charge < -0.3 is 5.32 Å². The molecule has 0 aliphatic rings. The zero-order valence-electron chi connectivity index (χ0n) is 9.37. The molecule has 0 saturated carbocycles. The lowest BCUT2D eigenvalue weighted by atomic mass is 10.2. The molecule has 0 unspecified atom stereocenters. The van der Waals surface area contributed by atoms with Crippen molar-refractivity contribution in [2.45, 2.75) is 6.42 Å². The molecule has 5 heteroatoms. The fraction of sp³-hybridized carbons (Fsp3) is 0.250. The molecule has 0 fully saturated rings. The Morgan fingerprint density at radius 2 is 2.18 bits per heavy atom. The van der Waals surface area contributed by atoms with Crippen molar-refractivity contribution in [2.75, 3.05) is 18.4 Å². The monoisotopic (exact) mass is 227 g/mol. The molecule has 0 aliphatic carbocycles. The highest BCUT2D eigenvalue weighted by Crippen LogP contribution is 2.20. The Morgan fingerprint density at radius 1 is 1.29 bits per heavy atom. The maximum atomic E-state index is 8.15. The van der Waals surface area contributed by atoms with Crippen LogP contribution in [0.25, 0.3) is 21.3 Å². The third-order valence-electron chi connectivity index (χ3n) is 2.45. The first kappa shape index (κ1) is 11.2. The van der Waals surface area contributed by atoms with Gasteiger partial charge in [0.2, 0.25) is 0 Å². The standard InChI is InChI=1S/C12H13N5/c13-17-16-9-3-8-14-11-6-1-4-10-5-2-7-15-12(10)11/h1-2,4-7,14H,3,8-9H2. The number of azide groups is 1. The molecular formula is C12H13N5. The van der Waals surface area contributed by atoms with E-state index >= 15 is 0 Å². The second kappa shape index (κ2) is 5.72. The van der Waals surface area contributed by atoms with Gasteiger partial charge in [-0.2, -0.15) is 0 Å². The van der Waals surface area contributed by atoms with Crippen molar-refractivity contribution >= 4 is 16.6 Å². The van der Waals surface area contributed by atoms with E-state index in [0.717, 1.165) is 29.6 Å². The summed E-state index contributed by atoms with van der Waals surface area (Å²) in [6.45, 7) is 1.29. The fourth-order valence-electron chi connectivity index (χ4n) is 1.66. The van der Waals surface area contributed by atoms with Crippen LogP contribution in [0.5, 0.6) is 0 Å². The van der Waals surface area contributed by atoms with Crippen molar-refractivity contribution in [2.24, 2.45) is 5.11 Å². The molecule has 1 heterocycles. The molecule has 0 radical (unpaired) electrons. The molecule has 17 heavy (non-hydrogen) atoms. The van der Waals surface area contributed by atoms with E-state index in [4.69, 9.17) is 5.53 Å². The summed E-state index contributed by atoms with van der Waals surface area (Å²) in [5.41, 5.74) is 10.1. The van der Waals surface area contributed by atoms with E-state index in [-0.39, 0.29) is 0 Å². The van der Waals surface area contributed by atoms with Crippen molar-refractivity contribution in [3.05, 3.63) is 47.0 Å². The van der Waals surface area contributed by atoms with Crippen LogP contribution in [0.3, 0.4) is 0 Å². The average molecular weight is 227 g/mol. The SMILES string of the molecule is [N-]=[N+]=NCCCNc1cccc2cccnc12. The minimum Gasteiger partial charge on any atom is -0.383 e. The minimum atomic E-state index is 0.516. The van der Waals surface area contributed by atoms with Gasteiger partial charge in [-0.1, -0.05) is 23.3 Å². The zero-order valence-corrected chi connectivity index (χ0v) is 9.37. The first-order valence-electron chi connectivity index (χ1n) is 5.50. The molecule has 0 spiro atoms. The van der Waals surface area contributed by atoms with E-state index in [2.05, 4.69) is 20.3 Å². The summed E-state index contributed by atoms with van der Waals surface area (Å²) in [4.78, 5) is 7.07. The van der Waals surface area contributed by atoms with Gasteiger partial charge in [-0.05, 0) is 24.1 Å². The average Bonchev–Trinajstić information content (AvgIpc) is 2.39. The van der Waals surface area contributed by atoms with Crippen molar-refractivity contribution in [3.63, 3.8) is 0 Å². The summed E-state index contributed by atoms with van der Waals surface area (Å²) in [7, 11) is 0. The molecule has 0 atom stereocenters. The second-order valence-corrected chi connectivity index (χ2v) is 3.62. The lowest BCUT2D eigenvalue weighted by molar-refractivity contribution is 0.868. The van der Waals surface area contributed by atoms with E-state index in [9.17, 15) is 0 Å². The number of benzene rings is 1. The molecule has 0 bridgehead atoms. The van der Waals surface area contributed by atoms with Gasteiger partial charge in [0.05, 0.1) is 11.2 Å². The van der Waals surface area contributed by atoms with E-state index < -0.39 is 0 Å². The molecule has 1 N–H and O–H groups in total. The number of rotatable bonds is 5. The Kier molecular flexibility index (Phi) is 3.78. The number of hydrogen-bond acceptors (Lipinski definition) is 3. The Balaban J connectivity index is 2.05. The lowest BCUT2D eigenvalue weighted by Gasteiger charge is -2.07. The van der Waals surface area contributed by atoms with Crippen LogP contribution >= 0.6 is 0 Å². The number of para-hydroxylation sites is 1. The molecule has 1 aromatic heterocycles. The summed E-state index contributed by atoms with van der Waals surface area (Å²) in [6, 6.07) is 10.00. The van der Waals surface area contributed by atoms with Crippen LogP contribution in [0.2, 0.25) is 0 Å². The first-order chi connectivity index (χ1) is 8.42. The highest BCUT2D eigenvalue weighted by Gasteiger charge is 1.99. The Labute approximate surface area is 99.1 Å². The maximum absolute atomic E-state index is 8.15. The van der Waals surface area contributed by atoms with E-state index in [0.29, 0.717) is 6.54 Å². The van der Waals surface area contributed by atoms with Gasteiger partial charge in [-0.3, -0.25) is 4.98 Å². The van der Waals surface area contributed by atoms with Crippen molar-refractivity contribution in [1.82, 2.24) is 4.98 Å². The number of hydrogen-bond donors (Lipinski definition) is 1. The van der Waals surface area contributed by atoms with Gasteiger partial charge in [-0.25, -0.2) is 0 Å². The largest absolute Gasteiger partial charge is 0.383 e. The Bertz CT molecular complexity index is 540. The summed E-state index contributed by atoms with van der Waals surface area (Å²) in [5.74, 6) is 0. The molecule has 2 aromatic rings. The summed E-state index contributed by atoms with van der Waals surface area (Å²) >= 11 is 0. The van der Waals surface area contributed by atoms with Crippen LogP contribution in [0, 0.1) is 0 Å². The molecule has 86 valence electrons.